The number of nitrogens with one attached hydrogen (secondary N) is 1. The molecule has 0 saturated heterocycles. The number of benzene rings is 1. The van der Waals surface area contributed by atoms with Crippen LogP contribution < -0.4 is 10.1 Å². The van der Waals surface area contributed by atoms with E-state index in [0.29, 0.717) is 12.2 Å². The number of hydrogen-bond donors (Lipinski definition) is 1. The van der Waals surface area contributed by atoms with Gasteiger partial charge in [0.25, 0.3) is 11.1 Å². The number of ether oxygens (including phenoxy) is 1. The maximum atomic E-state index is 12.6. The van der Waals surface area contributed by atoms with Crippen LogP contribution in [0.4, 0.5) is 5.13 Å². The van der Waals surface area contributed by atoms with Gasteiger partial charge >= 0.3 is 0 Å². The molecule has 0 saturated carbocycles. The smallest absolute Gasteiger partial charge is 0.268 e. The summed E-state index contributed by atoms with van der Waals surface area (Å²) in [5.74, 6) is -0.0661. The molecular formula is C22H23N5O4S2. The maximum absolute atomic E-state index is 12.6. The molecule has 1 amide bonds. The fraction of sp³-hybridized carbons (Fsp3) is 0.273. The van der Waals surface area contributed by atoms with E-state index in [4.69, 9.17) is 4.74 Å². The Balaban J connectivity index is 1.86. The molecule has 172 valence electrons. The van der Waals surface area contributed by atoms with Crippen molar-refractivity contribution < 1.29 is 17.9 Å². The number of hydrogen-bond acceptors (Lipinski definition) is 8. The van der Waals surface area contributed by atoms with E-state index in [0.717, 1.165) is 34.4 Å². The lowest BCUT2D eigenvalue weighted by Gasteiger charge is -2.11. The Labute approximate surface area is 196 Å². The minimum Gasteiger partial charge on any atom is -0.494 e. The summed E-state index contributed by atoms with van der Waals surface area (Å²) >= 11 is 0.743. The third-order valence-electron chi connectivity index (χ3n) is 4.83. The fourth-order valence-electron chi connectivity index (χ4n) is 3.17. The van der Waals surface area contributed by atoms with Gasteiger partial charge in [-0.15, -0.1) is 0 Å². The molecule has 0 bridgehead atoms. The summed E-state index contributed by atoms with van der Waals surface area (Å²) in [7, 11) is -3.58. The van der Waals surface area contributed by atoms with Crippen molar-refractivity contribution in [2.75, 3.05) is 17.7 Å². The van der Waals surface area contributed by atoms with Gasteiger partial charge < -0.3 is 9.30 Å². The van der Waals surface area contributed by atoms with E-state index in [1.54, 1.807) is 0 Å². The van der Waals surface area contributed by atoms with Crippen molar-refractivity contribution in [1.82, 2.24) is 13.9 Å². The van der Waals surface area contributed by atoms with Gasteiger partial charge in [0, 0.05) is 28.6 Å². The molecule has 0 aliphatic rings. The van der Waals surface area contributed by atoms with E-state index < -0.39 is 15.7 Å². The largest absolute Gasteiger partial charge is 0.494 e. The molecule has 3 aromatic rings. The molecule has 0 unspecified atom stereocenters. The molecule has 0 spiro atoms. The average molecular weight is 486 g/mol. The summed E-state index contributed by atoms with van der Waals surface area (Å²) in [6, 6.07) is 11.4. The average Bonchev–Trinajstić information content (AvgIpc) is 3.37. The number of carbonyl (C=O) groups excluding carboxylic acids is 1. The Bertz CT molecular complexity index is 1350. The number of rotatable bonds is 8. The van der Waals surface area contributed by atoms with Gasteiger partial charge in [0.05, 0.1) is 12.4 Å². The van der Waals surface area contributed by atoms with Crippen molar-refractivity contribution in [3.63, 3.8) is 0 Å². The molecule has 3 rings (SSSR count). The Morgan fingerprint density at radius 2 is 1.97 bits per heavy atom. The first-order valence-electron chi connectivity index (χ1n) is 10.1. The Kier molecular flexibility index (Phi) is 7.30. The van der Waals surface area contributed by atoms with Crippen molar-refractivity contribution in [3.8, 4) is 17.5 Å². The molecule has 0 aliphatic carbocycles. The summed E-state index contributed by atoms with van der Waals surface area (Å²) in [6.45, 7) is 7.82. The molecule has 2 heterocycles. The zero-order valence-corrected chi connectivity index (χ0v) is 20.2. The lowest BCUT2D eigenvalue weighted by molar-refractivity contribution is -0.112. The summed E-state index contributed by atoms with van der Waals surface area (Å²) in [5, 5.41) is 11.7. The Morgan fingerprint density at radius 3 is 2.58 bits per heavy atom. The summed E-state index contributed by atoms with van der Waals surface area (Å²) in [4.78, 5) is 16.5. The highest BCUT2D eigenvalue weighted by atomic mass is 32.2. The van der Waals surface area contributed by atoms with E-state index in [-0.39, 0.29) is 21.6 Å². The number of nitriles is 1. The molecule has 2 aromatic heterocycles. The van der Waals surface area contributed by atoms with Crippen molar-refractivity contribution in [2.45, 2.75) is 32.9 Å². The zero-order valence-electron chi connectivity index (χ0n) is 18.6. The number of sulfone groups is 1. The first-order valence-corrected chi connectivity index (χ1v) is 12.5. The van der Waals surface area contributed by atoms with Gasteiger partial charge in [-0.2, -0.15) is 14.6 Å². The molecule has 33 heavy (non-hydrogen) atoms. The van der Waals surface area contributed by atoms with Crippen LogP contribution in [-0.4, -0.2) is 40.6 Å². The summed E-state index contributed by atoms with van der Waals surface area (Å²) in [6.07, 6.45) is 1.49. The predicted octanol–water partition coefficient (Wildman–Crippen LogP) is 3.68. The molecule has 0 fully saturated rings. The van der Waals surface area contributed by atoms with E-state index in [9.17, 15) is 18.5 Å². The molecule has 0 atom stereocenters. The quantitative estimate of drug-likeness (QED) is 0.381. The number of carbonyl (C=O) groups is 1. The second-order valence-electron chi connectivity index (χ2n) is 7.00. The van der Waals surface area contributed by atoms with Crippen LogP contribution in [0, 0.1) is 25.2 Å². The minimum absolute atomic E-state index is 0.00744. The van der Waals surface area contributed by atoms with E-state index in [2.05, 4.69) is 14.7 Å². The topological polar surface area (TPSA) is 127 Å². The van der Waals surface area contributed by atoms with Crippen LogP contribution >= 0.6 is 11.5 Å². The highest BCUT2D eigenvalue weighted by Gasteiger charge is 2.20. The normalized spacial score (nSPS) is 11.8. The Hall–Kier alpha value is -3.49. The van der Waals surface area contributed by atoms with Gasteiger partial charge in [-0.1, -0.05) is 6.92 Å². The fourth-order valence-corrected chi connectivity index (χ4v) is 4.76. The van der Waals surface area contributed by atoms with E-state index in [1.807, 2.05) is 61.7 Å². The van der Waals surface area contributed by atoms with Gasteiger partial charge in [-0.25, -0.2) is 8.42 Å². The van der Waals surface area contributed by atoms with E-state index in [1.165, 1.54) is 13.0 Å². The van der Waals surface area contributed by atoms with Gasteiger partial charge in [-0.05, 0) is 62.7 Å². The number of aromatic nitrogens is 3. The minimum atomic E-state index is -3.58. The van der Waals surface area contributed by atoms with E-state index >= 15 is 0 Å². The summed E-state index contributed by atoms with van der Waals surface area (Å²) in [5.41, 5.74) is 3.27. The number of amides is 1. The second-order valence-corrected chi connectivity index (χ2v) is 9.92. The molecule has 0 aliphatic heterocycles. The lowest BCUT2D eigenvalue weighted by atomic mass is 10.1. The molecule has 9 nitrogen and oxygen atoms in total. The van der Waals surface area contributed by atoms with Crippen LogP contribution in [-0.2, 0) is 14.6 Å². The Morgan fingerprint density at radius 1 is 1.27 bits per heavy atom. The first-order chi connectivity index (χ1) is 15.7. The monoisotopic (exact) mass is 485 g/mol. The van der Waals surface area contributed by atoms with Crippen LogP contribution in [0.5, 0.6) is 5.75 Å². The second kappa shape index (κ2) is 9.97. The zero-order chi connectivity index (χ0) is 24.2. The molecule has 1 N–H and O–H groups in total. The van der Waals surface area contributed by atoms with Crippen molar-refractivity contribution >= 4 is 38.5 Å². The van der Waals surface area contributed by atoms with Crippen LogP contribution in [0.2, 0.25) is 0 Å². The summed E-state index contributed by atoms with van der Waals surface area (Å²) < 4.78 is 35.0. The first kappa shape index (κ1) is 24.2. The molecule has 1 aromatic carbocycles. The van der Waals surface area contributed by atoms with Crippen LogP contribution in [0.25, 0.3) is 11.8 Å². The molecule has 11 heteroatoms. The SMILES string of the molecule is CCOc1ccc(-n2c(C)cc(C=C(C#N)C(=O)Nc3nc(S(=O)(=O)CC)ns3)c2C)cc1. The highest BCUT2D eigenvalue weighted by molar-refractivity contribution is 7.91. The standard InChI is InChI=1S/C22H23N5O4S2/c1-5-31-19-9-7-18(8-10-19)27-14(3)11-16(15(27)4)12-17(13-23)20(28)24-21-25-22(26-32-21)33(29,30)6-2/h7-12H,5-6H2,1-4H3,(H,24,25,26,28). The predicted molar refractivity (Wildman–Crippen MR) is 126 cm³/mol. The van der Waals surface area contributed by atoms with Crippen molar-refractivity contribution in [3.05, 3.63) is 52.9 Å². The third-order valence-corrected chi connectivity index (χ3v) is 7.07. The van der Waals surface area contributed by atoms with Gasteiger partial charge in [0.1, 0.15) is 17.4 Å². The third kappa shape index (κ3) is 5.30. The van der Waals surface area contributed by atoms with Crippen molar-refractivity contribution in [2.24, 2.45) is 0 Å². The van der Waals surface area contributed by atoms with Gasteiger partial charge in [0.2, 0.25) is 15.0 Å². The van der Waals surface area contributed by atoms with Crippen LogP contribution in [0.1, 0.15) is 30.8 Å². The van der Waals surface area contributed by atoms with Gasteiger partial charge in [0.15, 0.2) is 0 Å². The maximum Gasteiger partial charge on any atom is 0.268 e. The van der Waals surface area contributed by atoms with Crippen LogP contribution in [0.15, 0.2) is 41.1 Å². The number of anilines is 1. The molecule has 0 radical (unpaired) electrons. The number of aryl methyl sites for hydroxylation is 1. The van der Waals surface area contributed by atoms with Crippen LogP contribution in [0.3, 0.4) is 0 Å². The van der Waals surface area contributed by atoms with Gasteiger partial charge in [-0.3, -0.25) is 10.1 Å². The molecular weight excluding hydrogens is 462 g/mol. The highest BCUT2D eigenvalue weighted by Crippen LogP contribution is 2.25. The number of nitrogens with zero attached hydrogens (tertiary/aromatic N) is 4. The van der Waals surface area contributed by atoms with Crippen molar-refractivity contribution in [1.29, 1.82) is 5.26 Å². The lowest BCUT2D eigenvalue weighted by Crippen LogP contribution is -2.14.